The molecule has 0 radical (unpaired) electrons. The highest BCUT2D eigenvalue weighted by atomic mass is 32.2. The molecule has 2 fully saturated rings. The summed E-state index contributed by atoms with van der Waals surface area (Å²) in [5.74, 6) is -0.470. The van der Waals surface area contributed by atoms with Crippen LogP contribution in [0, 0.1) is 0 Å². The number of anilines is 1. The molecule has 2 atom stereocenters. The third kappa shape index (κ3) is 6.58. The number of hydrogen-bond donors (Lipinski definition) is 1. The van der Waals surface area contributed by atoms with E-state index in [2.05, 4.69) is 5.32 Å². The minimum absolute atomic E-state index is 0.0382. The van der Waals surface area contributed by atoms with Gasteiger partial charge in [-0.1, -0.05) is 31.5 Å². The number of benzene rings is 2. The minimum Gasteiger partial charge on any atom is -0.377 e. The Morgan fingerprint density at radius 1 is 0.973 bits per heavy atom. The number of rotatable bonds is 10. The normalized spacial score (nSPS) is 21.2. The van der Waals surface area contributed by atoms with Crippen molar-refractivity contribution in [1.29, 1.82) is 0 Å². The highest BCUT2D eigenvalue weighted by Gasteiger charge is 2.34. The van der Waals surface area contributed by atoms with E-state index < -0.39 is 26.0 Å². The van der Waals surface area contributed by atoms with Crippen molar-refractivity contribution in [3.8, 4) is 0 Å². The lowest BCUT2D eigenvalue weighted by atomic mass is 10.0. The van der Waals surface area contributed by atoms with Gasteiger partial charge >= 0.3 is 0 Å². The average molecular weight is 550 g/mol. The monoisotopic (exact) mass is 549 g/mol. The summed E-state index contributed by atoms with van der Waals surface area (Å²) in [6.45, 7) is 2.65. The number of sulfonamides is 2. The molecule has 0 aromatic heterocycles. The number of nitrogens with zero attached hydrogens (tertiary/aromatic N) is 2. The first-order chi connectivity index (χ1) is 17.7. The van der Waals surface area contributed by atoms with Crippen LogP contribution in [0.1, 0.15) is 45.4 Å². The SMILES string of the molecule is CCC1CCCCN1S(=O)(=O)c1ccc(S(=O)(=O)N(CC(=O)Nc2ccccc2)CC2CCCO2)cc1. The first kappa shape index (κ1) is 27.7. The van der Waals surface area contributed by atoms with Crippen molar-refractivity contribution in [3.63, 3.8) is 0 Å². The first-order valence-corrected chi connectivity index (χ1v) is 15.7. The number of para-hydroxylation sites is 1. The zero-order valence-corrected chi connectivity index (χ0v) is 22.7. The third-order valence-corrected chi connectivity index (χ3v) is 10.7. The van der Waals surface area contributed by atoms with Crippen molar-refractivity contribution >= 4 is 31.6 Å². The molecule has 11 heteroatoms. The van der Waals surface area contributed by atoms with E-state index >= 15 is 0 Å². The predicted octanol–water partition coefficient (Wildman–Crippen LogP) is 3.45. The van der Waals surface area contributed by atoms with Gasteiger partial charge in [0.05, 0.1) is 22.4 Å². The predicted molar refractivity (Wildman–Crippen MR) is 141 cm³/mol. The fourth-order valence-electron chi connectivity index (χ4n) is 4.91. The molecule has 0 bridgehead atoms. The quantitative estimate of drug-likeness (QED) is 0.486. The lowest BCUT2D eigenvalue weighted by Gasteiger charge is -2.34. The summed E-state index contributed by atoms with van der Waals surface area (Å²) in [5.41, 5.74) is 0.569. The molecule has 202 valence electrons. The van der Waals surface area contributed by atoms with Gasteiger partial charge in [-0.15, -0.1) is 0 Å². The molecule has 4 rings (SSSR count). The zero-order valence-electron chi connectivity index (χ0n) is 21.1. The van der Waals surface area contributed by atoms with Crippen LogP contribution in [0.5, 0.6) is 0 Å². The largest absolute Gasteiger partial charge is 0.377 e. The highest BCUT2D eigenvalue weighted by Crippen LogP contribution is 2.28. The van der Waals surface area contributed by atoms with Gasteiger partial charge in [-0.05, 0) is 68.5 Å². The van der Waals surface area contributed by atoms with Gasteiger partial charge in [-0.25, -0.2) is 16.8 Å². The Balaban J connectivity index is 1.55. The molecule has 2 aromatic rings. The topological polar surface area (TPSA) is 113 Å². The molecule has 0 aliphatic carbocycles. The average Bonchev–Trinajstić information content (AvgIpc) is 3.42. The number of ether oxygens (including phenoxy) is 1. The van der Waals surface area contributed by atoms with Gasteiger partial charge in [-0.2, -0.15) is 8.61 Å². The molecule has 2 heterocycles. The maximum atomic E-state index is 13.6. The van der Waals surface area contributed by atoms with Crippen molar-refractivity contribution in [2.75, 3.05) is 31.6 Å². The summed E-state index contributed by atoms with van der Waals surface area (Å²) >= 11 is 0. The van der Waals surface area contributed by atoms with Gasteiger partial charge in [0.15, 0.2) is 0 Å². The third-order valence-electron chi connectivity index (χ3n) is 6.92. The highest BCUT2D eigenvalue weighted by molar-refractivity contribution is 7.89. The molecule has 0 spiro atoms. The second-order valence-electron chi connectivity index (χ2n) is 9.49. The fourth-order valence-corrected chi connectivity index (χ4v) is 8.11. The summed E-state index contributed by atoms with van der Waals surface area (Å²) in [6.07, 6.45) is 4.60. The second-order valence-corrected chi connectivity index (χ2v) is 13.3. The van der Waals surface area contributed by atoms with Gasteiger partial charge < -0.3 is 10.1 Å². The van der Waals surface area contributed by atoms with E-state index in [0.29, 0.717) is 25.3 Å². The Kier molecular flexibility index (Phi) is 9.02. The molecular formula is C26H35N3O6S2. The summed E-state index contributed by atoms with van der Waals surface area (Å²) in [5, 5.41) is 2.73. The molecule has 9 nitrogen and oxygen atoms in total. The van der Waals surface area contributed by atoms with E-state index in [1.54, 1.807) is 24.3 Å². The number of piperidine rings is 1. The van der Waals surface area contributed by atoms with E-state index in [1.807, 2.05) is 13.0 Å². The van der Waals surface area contributed by atoms with Crippen molar-refractivity contribution < 1.29 is 26.4 Å². The Hall–Kier alpha value is -2.31. The summed E-state index contributed by atoms with van der Waals surface area (Å²) in [7, 11) is -7.83. The van der Waals surface area contributed by atoms with E-state index in [4.69, 9.17) is 4.74 Å². The molecule has 2 aromatic carbocycles. The van der Waals surface area contributed by atoms with Crippen LogP contribution < -0.4 is 5.32 Å². The van der Waals surface area contributed by atoms with Crippen LogP contribution in [0.2, 0.25) is 0 Å². The molecule has 1 N–H and O–H groups in total. The second kappa shape index (κ2) is 12.0. The van der Waals surface area contributed by atoms with Crippen molar-refractivity contribution in [2.45, 2.75) is 67.4 Å². The minimum atomic E-state index is -4.09. The van der Waals surface area contributed by atoms with Crippen LogP contribution in [-0.2, 0) is 29.6 Å². The van der Waals surface area contributed by atoms with Crippen LogP contribution in [0.3, 0.4) is 0 Å². The number of nitrogens with one attached hydrogen (secondary N) is 1. The Morgan fingerprint density at radius 3 is 2.32 bits per heavy atom. The maximum absolute atomic E-state index is 13.6. The van der Waals surface area contributed by atoms with Gasteiger partial charge in [0, 0.05) is 31.4 Å². The number of carbonyl (C=O) groups excluding carboxylic acids is 1. The van der Waals surface area contributed by atoms with Gasteiger partial charge in [0.25, 0.3) is 0 Å². The Labute approximate surface area is 219 Å². The summed E-state index contributed by atoms with van der Waals surface area (Å²) in [6, 6.07) is 14.1. The number of amides is 1. The van der Waals surface area contributed by atoms with Gasteiger partial charge in [-0.3, -0.25) is 4.79 Å². The molecule has 2 aliphatic rings. The van der Waals surface area contributed by atoms with Crippen LogP contribution >= 0.6 is 0 Å². The Morgan fingerprint density at radius 2 is 1.68 bits per heavy atom. The van der Waals surface area contributed by atoms with Gasteiger partial charge in [0.1, 0.15) is 0 Å². The van der Waals surface area contributed by atoms with E-state index in [1.165, 1.54) is 28.6 Å². The van der Waals surface area contributed by atoms with Crippen LogP contribution in [0.15, 0.2) is 64.4 Å². The number of hydrogen-bond acceptors (Lipinski definition) is 6. The zero-order chi connectivity index (χ0) is 26.5. The van der Waals surface area contributed by atoms with Crippen LogP contribution in [0.25, 0.3) is 0 Å². The molecule has 1 amide bonds. The van der Waals surface area contributed by atoms with Gasteiger partial charge in [0.2, 0.25) is 26.0 Å². The molecular weight excluding hydrogens is 514 g/mol. The summed E-state index contributed by atoms with van der Waals surface area (Å²) < 4.78 is 62.1. The van der Waals surface area contributed by atoms with Crippen molar-refractivity contribution in [2.24, 2.45) is 0 Å². The van der Waals surface area contributed by atoms with E-state index in [0.717, 1.165) is 36.4 Å². The smallest absolute Gasteiger partial charge is 0.243 e. The first-order valence-electron chi connectivity index (χ1n) is 12.8. The summed E-state index contributed by atoms with van der Waals surface area (Å²) in [4.78, 5) is 12.8. The molecule has 2 aliphatic heterocycles. The van der Waals surface area contributed by atoms with Crippen molar-refractivity contribution in [1.82, 2.24) is 8.61 Å². The lowest BCUT2D eigenvalue weighted by molar-refractivity contribution is -0.116. The number of carbonyl (C=O) groups is 1. The van der Waals surface area contributed by atoms with Crippen molar-refractivity contribution in [3.05, 3.63) is 54.6 Å². The maximum Gasteiger partial charge on any atom is 0.243 e. The molecule has 0 saturated carbocycles. The van der Waals surface area contributed by atoms with Crippen LogP contribution in [-0.4, -0.2) is 69.7 Å². The molecule has 2 unspecified atom stereocenters. The Bertz CT molecular complexity index is 1260. The van der Waals surface area contributed by atoms with Crippen LogP contribution in [0.4, 0.5) is 5.69 Å². The standard InChI is InChI=1S/C26H35N3O6S2/c1-2-22-11-6-7-17-29(22)37(33,34)25-15-13-24(14-16-25)36(31,32)28(19-23-12-8-18-35-23)20-26(30)27-21-9-4-3-5-10-21/h3-5,9-10,13-16,22-23H,2,6-8,11-12,17-20H2,1H3,(H,27,30). The fraction of sp³-hybridized carbons (Fsp3) is 0.500. The molecule has 37 heavy (non-hydrogen) atoms. The lowest BCUT2D eigenvalue weighted by Crippen LogP contribution is -2.43. The van der Waals surface area contributed by atoms with E-state index in [9.17, 15) is 21.6 Å². The molecule has 2 saturated heterocycles. The van der Waals surface area contributed by atoms with E-state index in [-0.39, 0.29) is 35.0 Å².